The Bertz CT molecular complexity index is 498. The molecule has 2 heterocycles. The standard InChI is InChI=1S/C12H14BrN3O/c1-8-4-16-12(17-8)9(2)15-6-10-3-11(13)7-14-5-10/h3-5,7,9,15H,6H2,1-2H3. The zero-order valence-electron chi connectivity index (χ0n) is 9.77. The molecule has 0 saturated carbocycles. The van der Waals surface area contributed by atoms with Crippen molar-refractivity contribution in [1.82, 2.24) is 15.3 Å². The monoisotopic (exact) mass is 295 g/mol. The zero-order chi connectivity index (χ0) is 12.3. The number of oxazole rings is 1. The number of aromatic nitrogens is 2. The Kier molecular flexibility index (Phi) is 3.91. The lowest BCUT2D eigenvalue weighted by Crippen LogP contribution is -2.18. The van der Waals surface area contributed by atoms with E-state index >= 15 is 0 Å². The molecule has 0 amide bonds. The van der Waals surface area contributed by atoms with Crippen LogP contribution in [0.3, 0.4) is 0 Å². The van der Waals surface area contributed by atoms with Gasteiger partial charge in [-0.25, -0.2) is 4.98 Å². The van der Waals surface area contributed by atoms with Crippen molar-refractivity contribution in [3.63, 3.8) is 0 Å². The second kappa shape index (κ2) is 5.42. The number of hydrogen-bond donors (Lipinski definition) is 1. The lowest BCUT2D eigenvalue weighted by Gasteiger charge is -2.10. The first-order valence-corrected chi connectivity index (χ1v) is 6.19. The van der Waals surface area contributed by atoms with Crippen molar-refractivity contribution in [2.24, 2.45) is 0 Å². The average Bonchev–Trinajstić information content (AvgIpc) is 2.73. The van der Waals surface area contributed by atoms with Gasteiger partial charge < -0.3 is 9.73 Å². The van der Waals surface area contributed by atoms with Crippen LogP contribution in [0, 0.1) is 6.92 Å². The van der Waals surface area contributed by atoms with E-state index in [1.807, 2.05) is 26.1 Å². The molecule has 2 aromatic rings. The summed E-state index contributed by atoms with van der Waals surface area (Å²) < 4.78 is 6.44. The first-order chi connectivity index (χ1) is 8.15. The summed E-state index contributed by atoms with van der Waals surface area (Å²) in [5.41, 5.74) is 1.12. The third kappa shape index (κ3) is 3.38. The summed E-state index contributed by atoms with van der Waals surface area (Å²) in [4.78, 5) is 8.30. The quantitative estimate of drug-likeness (QED) is 0.942. The van der Waals surface area contributed by atoms with Crippen LogP contribution in [-0.2, 0) is 6.54 Å². The van der Waals surface area contributed by atoms with Gasteiger partial charge in [0.2, 0.25) is 5.89 Å². The van der Waals surface area contributed by atoms with E-state index in [9.17, 15) is 0 Å². The molecule has 0 aliphatic heterocycles. The van der Waals surface area contributed by atoms with Crippen molar-refractivity contribution in [3.05, 3.63) is 46.3 Å². The molecule has 0 aromatic carbocycles. The molecule has 90 valence electrons. The SMILES string of the molecule is Cc1cnc(C(C)NCc2cncc(Br)c2)o1. The van der Waals surface area contributed by atoms with Crippen LogP contribution in [0.4, 0.5) is 0 Å². The highest BCUT2D eigenvalue weighted by atomic mass is 79.9. The summed E-state index contributed by atoms with van der Waals surface area (Å²) in [6.45, 7) is 4.65. The zero-order valence-corrected chi connectivity index (χ0v) is 11.4. The molecule has 4 nitrogen and oxygen atoms in total. The molecule has 0 bridgehead atoms. The van der Waals surface area contributed by atoms with Gasteiger partial charge >= 0.3 is 0 Å². The number of aryl methyl sites for hydroxylation is 1. The molecule has 0 aliphatic carbocycles. The summed E-state index contributed by atoms with van der Waals surface area (Å²) in [7, 11) is 0. The van der Waals surface area contributed by atoms with E-state index in [1.165, 1.54) is 0 Å². The van der Waals surface area contributed by atoms with Gasteiger partial charge in [0.05, 0.1) is 12.2 Å². The molecule has 1 N–H and O–H groups in total. The Morgan fingerprint density at radius 2 is 2.24 bits per heavy atom. The van der Waals surface area contributed by atoms with Crippen LogP contribution in [0.2, 0.25) is 0 Å². The van der Waals surface area contributed by atoms with Gasteiger partial charge in [0.1, 0.15) is 5.76 Å². The molecule has 0 spiro atoms. The topological polar surface area (TPSA) is 51.0 Å². The highest BCUT2D eigenvalue weighted by Gasteiger charge is 2.10. The Balaban J connectivity index is 1.94. The van der Waals surface area contributed by atoms with E-state index in [2.05, 4.69) is 31.2 Å². The van der Waals surface area contributed by atoms with E-state index in [0.717, 1.165) is 22.3 Å². The normalized spacial score (nSPS) is 12.6. The molecule has 1 atom stereocenters. The maximum Gasteiger partial charge on any atom is 0.211 e. The van der Waals surface area contributed by atoms with Crippen molar-refractivity contribution in [3.8, 4) is 0 Å². The molecule has 0 fully saturated rings. The number of hydrogen-bond acceptors (Lipinski definition) is 4. The van der Waals surface area contributed by atoms with Gasteiger partial charge in [0.25, 0.3) is 0 Å². The second-order valence-corrected chi connectivity index (χ2v) is 4.84. The Morgan fingerprint density at radius 3 is 2.88 bits per heavy atom. The van der Waals surface area contributed by atoms with E-state index in [4.69, 9.17) is 4.42 Å². The largest absolute Gasteiger partial charge is 0.444 e. The van der Waals surface area contributed by atoms with E-state index in [-0.39, 0.29) is 6.04 Å². The van der Waals surface area contributed by atoms with Crippen LogP contribution < -0.4 is 5.32 Å². The number of nitrogens with zero attached hydrogens (tertiary/aromatic N) is 2. The molecule has 5 heteroatoms. The maximum absolute atomic E-state index is 5.46. The second-order valence-electron chi connectivity index (χ2n) is 3.92. The minimum atomic E-state index is 0.0858. The van der Waals surface area contributed by atoms with Crippen LogP contribution in [0.1, 0.15) is 30.2 Å². The van der Waals surface area contributed by atoms with Crippen LogP contribution in [0.5, 0.6) is 0 Å². The molecule has 0 aliphatic rings. The fourth-order valence-electron chi connectivity index (χ4n) is 1.48. The first-order valence-electron chi connectivity index (χ1n) is 5.40. The van der Waals surface area contributed by atoms with E-state index in [0.29, 0.717) is 5.89 Å². The van der Waals surface area contributed by atoms with Crippen LogP contribution in [-0.4, -0.2) is 9.97 Å². The smallest absolute Gasteiger partial charge is 0.211 e. The predicted molar refractivity (Wildman–Crippen MR) is 68.4 cm³/mol. The minimum Gasteiger partial charge on any atom is -0.444 e. The lowest BCUT2D eigenvalue weighted by atomic mass is 10.2. The van der Waals surface area contributed by atoms with Crippen molar-refractivity contribution >= 4 is 15.9 Å². The number of nitrogens with one attached hydrogen (secondary N) is 1. The Morgan fingerprint density at radius 1 is 1.41 bits per heavy atom. The number of rotatable bonds is 4. The molecular weight excluding hydrogens is 282 g/mol. The van der Waals surface area contributed by atoms with Crippen molar-refractivity contribution in [1.29, 1.82) is 0 Å². The minimum absolute atomic E-state index is 0.0858. The highest BCUT2D eigenvalue weighted by molar-refractivity contribution is 9.10. The van der Waals surface area contributed by atoms with Crippen LogP contribution in [0.15, 0.2) is 33.5 Å². The number of pyridine rings is 1. The maximum atomic E-state index is 5.46. The highest BCUT2D eigenvalue weighted by Crippen LogP contribution is 2.14. The van der Waals surface area contributed by atoms with Crippen molar-refractivity contribution in [2.75, 3.05) is 0 Å². The fraction of sp³-hybridized carbons (Fsp3) is 0.333. The summed E-state index contributed by atoms with van der Waals surface area (Å²) in [6.07, 6.45) is 5.34. The van der Waals surface area contributed by atoms with Crippen LogP contribution in [0.25, 0.3) is 0 Å². The van der Waals surface area contributed by atoms with Gasteiger partial charge in [0, 0.05) is 23.4 Å². The Labute approximate surface area is 109 Å². The summed E-state index contributed by atoms with van der Waals surface area (Å²) in [6, 6.07) is 2.12. The Hall–Kier alpha value is -1.20. The number of halogens is 1. The fourth-order valence-corrected chi connectivity index (χ4v) is 1.90. The molecule has 2 rings (SSSR count). The van der Waals surface area contributed by atoms with E-state index in [1.54, 1.807) is 12.4 Å². The van der Waals surface area contributed by atoms with Crippen molar-refractivity contribution < 1.29 is 4.42 Å². The van der Waals surface area contributed by atoms with Gasteiger partial charge in [-0.2, -0.15) is 0 Å². The lowest BCUT2D eigenvalue weighted by molar-refractivity contribution is 0.402. The molecule has 1 unspecified atom stereocenters. The molecule has 0 saturated heterocycles. The van der Waals surface area contributed by atoms with Crippen molar-refractivity contribution in [2.45, 2.75) is 26.4 Å². The van der Waals surface area contributed by atoms with Gasteiger partial charge in [-0.3, -0.25) is 4.98 Å². The third-order valence-electron chi connectivity index (χ3n) is 2.38. The summed E-state index contributed by atoms with van der Waals surface area (Å²) >= 11 is 3.40. The molecular formula is C12H14BrN3O. The third-order valence-corrected chi connectivity index (χ3v) is 2.82. The summed E-state index contributed by atoms with van der Waals surface area (Å²) in [5, 5.41) is 3.34. The van der Waals surface area contributed by atoms with E-state index < -0.39 is 0 Å². The summed E-state index contributed by atoms with van der Waals surface area (Å²) in [5.74, 6) is 1.54. The van der Waals surface area contributed by atoms with Gasteiger partial charge in [-0.1, -0.05) is 0 Å². The van der Waals surface area contributed by atoms with Gasteiger partial charge in [0.15, 0.2) is 0 Å². The first kappa shape index (κ1) is 12.3. The van der Waals surface area contributed by atoms with Crippen LogP contribution >= 0.6 is 15.9 Å². The molecule has 2 aromatic heterocycles. The predicted octanol–water partition coefficient (Wildman–Crippen LogP) is 2.99. The van der Waals surface area contributed by atoms with Gasteiger partial charge in [-0.05, 0) is 41.4 Å². The molecule has 17 heavy (non-hydrogen) atoms. The van der Waals surface area contributed by atoms with Gasteiger partial charge in [-0.15, -0.1) is 0 Å². The average molecular weight is 296 g/mol. The molecule has 0 radical (unpaired) electrons.